The molecule has 0 spiro atoms. The number of aromatic amines is 1. The minimum atomic E-state index is -0.521. The minimum absolute atomic E-state index is 0.0323. The maximum absolute atomic E-state index is 11.7. The second-order valence-corrected chi connectivity index (χ2v) is 4.62. The van der Waals surface area contributed by atoms with Crippen molar-refractivity contribution in [1.29, 1.82) is 0 Å². The molecular weight excluding hydrogens is 250 g/mol. The molecule has 0 saturated carbocycles. The third kappa shape index (κ3) is 1.89. The van der Waals surface area contributed by atoms with Gasteiger partial charge in [0.15, 0.2) is 11.2 Å². The zero-order valence-corrected chi connectivity index (χ0v) is 10.4. The second kappa shape index (κ2) is 4.32. The lowest BCUT2D eigenvalue weighted by Crippen LogP contribution is -2.19. The average Bonchev–Trinajstić information content (AvgIpc) is 2.92. The van der Waals surface area contributed by atoms with E-state index in [2.05, 4.69) is 15.0 Å². The first-order chi connectivity index (χ1) is 9.10. The fourth-order valence-electron chi connectivity index (χ4n) is 2.41. The zero-order valence-electron chi connectivity index (χ0n) is 10.4. The highest BCUT2D eigenvalue weighted by atomic mass is 16.5. The molecule has 8 nitrogen and oxygen atoms in total. The maximum atomic E-state index is 11.7. The first kappa shape index (κ1) is 12.1. The van der Waals surface area contributed by atoms with E-state index in [1.165, 1.54) is 6.33 Å². The fourth-order valence-corrected chi connectivity index (χ4v) is 2.41. The number of nitrogens with two attached hydrogens (primary N) is 1. The van der Waals surface area contributed by atoms with Gasteiger partial charge < -0.3 is 15.6 Å². The lowest BCUT2D eigenvalue weighted by Gasteiger charge is -2.13. The Morgan fingerprint density at radius 2 is 2.47 bits per heavy atom. The van der Waals surface area contributed by atoms with Crippen molar-refractivity contribution in [3.05, 3.63) is 16.7 Å². The first-order valence-corrected chi connectivity index (χ1v) is 6.16. The summed E-state index contributed by atoms with van der Waals surface area (Å²) in [6, 6.07) is 0. The summed E-state index contributed by atoms with van der Waals surface area (Å²) < 4.78 is 7.37. The van der Waals surface area contributed by atoms with Gasteiger partial charge in [0.05, 0.1) is 18.5 Å². The van der Waals surface area contributed by atoms with Crippen LogP contribution >= 0.6 is 0 Å². The number of nitrogens with zero attached hydrogens (tertiary/aromatic N) is 3. The lowest BCUT2D eigenvalue weighted by molar-refractivity contribution is -0.0183. The number of anilines is 1. The topological polar surface area (TPSA) is 119 Å². The number of hydrogen-bond acceptors (Lipinski definition) is 6. The Morgan fingerprint density at radius 3 is 3.16 bits per heavy atom. The van der Waals surface area contributed by atoms with Gasteiger partial charge in [0.2, 0.25) is 5.95 Å². The molecule has 3 atom stereocenters. The van der Waals surface area contributed by atoms with Gasteiger partial charge in [-0.05, 0) is 6.42 Å². The van der Waals surface area contributed by atoms with Crippen molar-refractivity contribution in [2.24, 2.45) is 0 Å². The second-order valence-electron chi connectivity index (χ2n) is 4.62. The lowest BCUT2D eigenvalue weighted by atomic mass is 10.1. The van der Waals surface area contributed by atoms with Crippen molar-refractivity contribution in [1.82, 2.24) is 19.5 Å². The summed E-state index contributed by atoms with van der Waals surface area (Å²) in [5.74, 6) is 0.0323. The maximum Gasteiger partial charge on any atom is 0.280 e. The summed E-state index contributed by atoms with van der Waals surface area (Å²) in [5, 5.41) is 9.87. The van der Waals surface area contributed by atoms with E-state index in [4.69, 9.17) is 10.5 Å². The van der Waals surface area contributed by atoms with E-state index in [1.807, 2.05) is 6.92 Å². The summed E-state index contributed by atoms with van der Waals surface area (Å²) in [6.45, 7) is 1.95. The third-order valence-electron chi connectivity index (χ3n) is 3.37. The quantitative estimate of drug-likeness (QED) is 0.689. The molecule has 1 aliphatic heterocycles. The van der Waals surface area contributed by atoms with Gasteiger partial charge in [0, 0.05) is 6.42 Å². The monoisotopic (exact) mass is 265 g/mol. The Morgan fingerprint density at radius 1 is 1.68 bits per heavy atom. The number of aliphatic hydroxyl groups excluding tert-OH is 1. The van der Waals surface area contributed by atoms with Gasteiger partial charge in [-0.2, -0.15) is 4.98 Å². The van der Waals surface area contributed by atoms with Crippen LogP contribution < -0.4 is 11.3 Å². The van der Waals surface area contributed by atoms with Gasteiger partial charge in [-0.15, -0.1) is 0 Å². The Kier molecular flexibility index (Phi) is 2.76. The number of hydrogen-bond donors (Lipinski definition) is 3. The third-order valence-corrected chi connectivity index (χ3v) is 3.37. The van der Waals surface area contributed by atoms with Crippen LogP contribution in [0.25, 0.3) is 11.2 Å². The number of nitrogen functional groups attached to an aromatic ring is 1. The number of ether oxygens (including phenoxy) is 1. The van der Waals surface area contributed by atoms with E-state index in [0.29, 0.717) is 12.1 Å². The SMILES string of the molecule is CC[C@@H]1O[C@H](n2cnc3c(=O)[nH]c(N)nc32)C[C@H]1O. The van der Waals surface area contributed by atoms with Crippen molar-refractivity contribution in [2.75, 3.05) is 5.73 Å². The Hall–Kier alpha value is -1.93. The normalized spacial score (nSPS) is 27.2. The van der Waals surface area contributed by atoms with Crippen LogP contribution in [0.2, 0.25) is 0 Å². The van der Waals surface area contributed by atoms with Gasteiger partial charge >= 0.3 is 0 Å². The summed E-state index contributed by atoms with van der Waals surface area (Å²) in [4.78, 5) is 22.2. The van der Waals surface area contributed by atoms with E-state index >= 15 is 0 Å². The first-order valence-electron chi connectivity index (χ1n) is 6.16. The highest BCUT2D eigenvalue weighted by Crippen LogP contribution is 2.31. The molecule has 0 bridgehead atoms. The highest BCUT2D eigenvalue weighted by Gasteiger charge is 2.34. The van der Waals surface area contributed by atoms with Crippen LogP contribution in [0.5, 0.6) is 0 Å². The number of fused-ring (bicyclic) bond motifs is 1. The Balaban J connectivity index is 2.05. The molecule has 0 amide bonds. The molecule has 8 heteroatoms. The van der Waals surface area contributed by atoms with Gasteiger partial charge in [-0.3, -0.25) is 14.3 Å². The number of aliphatic hydroxyl groups is 1. The van der Waals surface area contributed by atoms with Crippen molar-refractivity contribution in [3.8, 4) is 0 Å². The molecule has 19 heavy (non-hydrogen) atoms. The van der Waals surface area contributed by atoms with Gasteiger partial charge in [-0.1, -0.05) is 6.92 Å². The van der Waals surface area contributed by atoms with Crippen LogP contribution in [0, 0.1) is 0 Å². The molecule has 2 aromatic heterocycles. The van der Waals surface area contributed by atoms with Crippen LogP contribution in [-0.2, 0) is 4.74 Å². The molecule has 102 valence electrons. The molecule has 0 radical (unpaired) electrons. The molecule has 3 rings (SSSR count). The van der Waals surface area contributed by atoms with E-state index < -0.39 is 6.10 Å². The van der Waals surface area contributed by atoms with E-state index in [0.717, 1.165) is 6.42 Å². The molecular formula is C11H15N5O3. The van der Waals surface area contributed by atoms with Crippen LogP contribution in [0.4, 0.5) is 5.95 Å². The fraction of sp³-hybridized carbons (Fsp3) is 0.545. The summed E-state index contributed by atoms with van der Waals surface area (Å²) in [5.41, 5.74) is 5.74. The molecule has 3 heterocycles. The smallest absolute Gasteiger partial charge is 0.280 e. The average molecular weight is 265 g/mol. The molecule has 1 saturated heterocycles. The van der Waals surface area contributed by atoms with Crippen LogP contribution in [-0.4, -0.2) is 36.8 Å². The van der Waals surface area contributed by atoms with Gasteiger partial charge in [-0.25, -0.2) is 4.98 Å². The van der Waals surface area contributed by atoms with Crippen molar-refractivity contribution in [3.63, 3.8) is 0 Å². The molecule has 4 N–H and O–H groups in total. The van der Waals surface area contributed by atoms with E-state index in [1.54, 1.807) is 4.57 Å². The van der Waals surface area contributed by atoms with Crippen LogP contribution in [0.3, 0.4) is 0 Å². The van der Waals surface area contributed by atoms with Gasteiger partial charge in [0.1, 0.15) is 6.23 Å². The van der Waals surface area contributed by atoms with Crippen molar-refractivity contribution < 1.29 is 9.84 Å². The molecule has 1 fully saturated rings. The summed E-state index contributed by atoms with van der Waals surface area (Å²) in [7, 11) is 0. The van der Waals surface area contributed by atoms with Crippen LogP contribution in [0.15, 0.2) is 11.1 Å². The standard InChI is InChI=1S/C11H15N5O3/c1-2-6-5(17)3-7(19-6)16-4-13-8-9(16)14-11(12)15-10(8)18/h4-7,17H,2-3H2,1H3,(H3,12,14,15,18)/t5-,6+,7+/m1/s1. The van der Waals surface area contributed by atoms with E-state index in [9.17, 15) is 9.90 Å². The predicted octanol–water partition coefficient (Wildman–Crippen LogP) is -0.240. The summed E-state index contributed by atoms with van der Waals surface area (Å²) in [6.07, 6.45) is 1.55. The largest absolute Gasteiger partial charge is 0.390 e. The molecule has 0 unspecified atom stereocenters. The molecule has 0 aromatic carbocycles. The number of nitrogens with one attached hydrogen (secondary N) is 1. The summed E-state index contributed by atoms with van der Waals surface area (Å²) >= 11 is 0. The van der Waals surface area contributed by atoms with Gasteiger partial charge in [0.25, 0.3) is 5.56 Å². The Bertz CT molecular complexity index is 664. The van der Waals surface area contributed by atoms with E-state index in [-0.39, 0.29) is 29.4 Å². The molecule has 2 aromatic rings. The predicted molar refractivity (Wildman–Crippen MR) is 67.4 cm³/mol. The zero-order chi connectivity index (χ0) is 13.6. The number of rotatable bonds is 2. The molecule has 0 aliphatic carbocycles. The van der Waals surface area contributed by atoms with Crippen molar-refractivity contribution >= 4 is 17.1 Å². The Labute approximate surface area is 108 Å². The minimum Gasteiger partial charge on any atom is -0.390 e. The number of imidazole rings is 1. The van der Waals surface area contributed by atoms with Crippen molar-refractivity contribution in [2.45, 2.75) is 38.2 Å². The number of aromatic nitrogens is 4. The highest BCUT2D eigenvalue weighted by molar-refractivity contribution is 5.70. The molecule has 1 aliphatic rings. The van der Waals surface area contributed by atoms with Crippen LogP contribution in [0.1, 0.15) is 26.0 Å². The number of H-pyrrole nitrogens is 1.